The van der Waals surface area contributed by atoms with Crippen molar-refractivity contribution in [2.45, 2.75) is 26.7 Å². The van der Waals surface area contributed by atoms with Crippen molar-refractivity contribution in [3.05, 3.63) is 74.8 Å². The highest BCUT2D eigenvalue weighted by Gasteiger charge is 2.20. The molecule has 10 heteroatoms. The molecule has 1 aromatic heterocycles. The number of aryl methyl sites for hydroxylation is 1. The molecule has 200 valence electrons. The van der Waals surface area contributed by atoms with Gasteiger partial charge in [0.05, 0.1) is 36.9 Å². The summed E-state index contributed by atoms with van der Waals surface area (Å²) in [6.45, 7) is 10.1. The second kappa shape index (κ2) is 12.8. The van der Waals surface area contributed by atoms with Crippen molar-refractivity contribution in [3.63, 3.8) is 0 Å². The minimum atomic E-state index is -0.248. The van der Waals surface area contributed by atoms with Crippen molar-refractivity contribution in [1.29, 1.82) is 0 Å². The molecule has 0 spiro atoms. The Balaban J connectivity index is 1.67. The van der Waals surface area contributed by atoms with E-state index in [0.29, 0.717) is 79.5 Å². The van der Waals surface area contributed by atoms with Crippen LogP contribution in [0.2, 0.25) is 0 Å². The maximum atomic E-state index is 13.2. The summed E-state index contributed by atoms with van der Waals surface area (Å²) in [6.07, 6.45) is 4.39. The van der Waals surface area contributed by atoms with E-state index in [1.54, 1.807) is 29.3 Å². The average Bonchev–Trinajstić information content (AvgIpc) is 2.93. The number of morpholine rings is 1. The van der Waals surface area contributed by atoms with Gasteiger partial charge in [0.2, 0.25) is 0 Å². The van der Waals surface area contributed by atoms with E-state index in [1.807, 2.05) is 32.0 Å². The van der Waals surface area contributed by atoms with Gasteiger partial charge in [-0.3, -0.25) is 9.59 Å². The smallest absolute Gasteiger partial charge is 0.282 e. The largest absolute Gasteiger partial charge is 0.490 e. The number of hydrogen-bond acceptors (Lipinski definition) is 7. The van der Waals surface area contributed by atoms with E-state index < -0.39 is 0 Å². The molecule has 1 saturated heterocycles. The summed E-state index contributed by atoms with van der Waals surface area (Å²) < 4.78 is 19.3. The topological polar surface area (TPSA) is 95.2 Å². The molecule has 38 heavy (non-hydrogen) atoms. The summed E-state index contributed by atoms with van der Waals surface area (Å²) in [5.41, 5.74) is 1.88. The van der Waals surface area contributed by atoms with Gasteiger partial charge in [-0.2, -0.15) is 9.78 Å². The van der Waals surface area contributed by atoms with Gasteiger partial charge in [0.15, 0.2) is 18.1 Å². The molecular formula is C28H31BrN4O5. The minimum Gasteiger partial charge on any atom is -0.490 e. The lowest BCUT2D eigenvalue weighted by atomic mass is 10.1. The second-order valence-corrected chi connectivity index (χ2v) is 9.54. The van der Waals surface area contributed by atoms with Crippen molar-refractivity contribution >= 4 is 39.0 Å². The maximum Gasteiger partial charge on any atom is 0.282 e. The van der Waals surface area contributed by atoms with Crippen LogP contribution in [0, 0.1) is 0 Å². The Morgan fingerprint density at radius 1 is 1.21 bits per heavy atom. The Hall–Kier alpha value is -3.50. The van der Waals surface area contributed by atoms with Crippen molar-refractivity contribution in [3.8, 4) is 11.5 Å². The van der Waals surface area contributed by atoms with Gasteiger partial charge in [-0.25, -0.2) is 4.98 Å². The van der Waals surface area contributed by atoms with Crippen molar-refractivity contribution in [2.24, 2.45) is 5.10 Å². The van der Waals surface area contributed by atoms with Crippen LogP contribution in [0.4, 0.5) is 0 Å². The summed E-state index contributed by atoms with van der Waals surface area (Å²) in [4.78, 5) is 32.3. The molecule has 1 fully saturated rings. The van der Waals surface area contributed by atoms with Gasteiger partial charge in [0.25, 0.3) is 11.5 Å². The van der Waals surface area contributed by atoms with Crippen LogP contribution < -0.4 is 15.0 Å². The fourth-order valence-corrected chi connectivity index (χ4v) is 4.56. The number of aromatic nitrogens is 2. The summed E-state index contributed by atoms with van der Waals surface area (Å²) in [7, 11) is 0. The van der Waals surface area contributed by atoms with Crippen LogP contribution in [-0.2, 0) is 22.4 Å². The van der Waals surface area contributed by atoms with Crippen LogP contribution in [0.3, 0.4) is 0 Å². The van der Waals surface area contributed by atoms with Gasteiger partial charge >= 0.3 is 0 Å². The van der Waals surface area contributed by atoms with E-state index >= 15 is 0 Å². The van der Waals surface area contributed by atoms with E-state index in [-0.39, 0.29) is 18.1 Å². The molecule has 0 N–H and O–H groups in total. The van der Waals surface area contributed by atoms with Crippen LogP contribution in [-0.4, -0.2) is 66.2 Å². The molecule has 9 nitrogen and oxygen atoms in total. The number of ether oxygens (including phenoxy) is 3. The Bertz CT molecular complexity index is 1410. The molecule has 2 heterocycles. The normalized spacial score (nSPS) is 13.7. The molecule has 4 rings (SSSR count). The van der Waals surface area contributed by atoms with E-state index in [9.17, 15) is 9.59 Å². The summed E-state index contributed by atoms with van der Waals surface area (Å²) in [5, 5.41) is 4.98. The zero-order chi connectivity index (χ0) is 27.1. The highest BCUT2D eigenvalue weighted by molar-refractivity contribution is 9.10. The number of benzene rings is 2. The zero-order valence-electron chi connectivity index (χ0n) is 21.6. The number of rotatable bonds is 10. The Morgan fingerprint density at radius 3 is 2.71 bits per heavy atom. The third-order valence-corrected chi connectivity index (χ3v) is 6.53. The third-order valence-electron chi connectivity index (χ3n) is 6.04. The van der Waals surface area contributed by atoms with Gasteiger partial charge in [-0.1, -0.05) is 28.9 Å². The van der Waals surface area contributed by atoms with Gasteiger partial charge in [0, 0.05) is 29.5 Å². The molecule has 0 aliphatic carbocycles. The first kappa shape index (κ1) is 27.5. The van der Waals surface area contributed by atoms with Crippen molar-refractivity contribution in [1.82, 2.24) is 14.6 Å². The number of fused-ring (bicyclic) bond motifs is 1. The third kappa shape index (κ3) is 6.31. The second-order valence-electron chi connectivity index (χ2n) is 8.62. The number of nitrogens with zero attached hydrogens (tertiary/aromatic N) is 4. The number of amides is 1. The number of carbonyl (C=O) groups is 1. The van der Waals surface area contributed by atoms with Gasteiger partial charge in [0.1, 0.15) is 5.82 Å². The number of halogens is 1. The molecule has 1 aliphatic rings. The lowest BCUT2D eigenvalue weighted by Gasteiger charge is -2.27. The molecule has 0 bridgehead atoms. The Morgan fingerprint density at radius 2 is 2.00 bits per heavy atom. The predicted octanol–water partition coefficient (Wildman–Crippen LogP) is 3.97. The molecule has 1 aliphatic heterocycles. The number of allylic oxidation sites excluding steroid dienone is 1. The van der Waals surface area contributed by atoms with Crippen LogP contribution in [0.5, 0.6) is 11.5 Å². The fraction of sp³-hybridized carbons (Fsp3) is 0.357. The molecule has 0 unspecified atom stereocenters. The van der Waals surface area contributed by atoms with Crippen LogP contribution >= 0.6 is 15.9 Å². The Labute approximate surface area is 229 Å². The van der Waals surface area contributed by atoms with E-state index in [2.05, 4.69) is 32.6 Å². The van der Waals surface area contributed by atoms with Crippen molar-refractivity contribution < 1.29 is 19.0 Å². The van der Waals surface area contributed by atoms with Crippen LogP contribution in [0.15, 0.2) is 57.4 Å². The van der Waals surface area contributed by atoms with Gasteiger partial charge in [-0.15, -0.1) is 6.58 Å². The van der Waals surface area contributed by atoms with Crippen LogP contribution in [0.25, 0.3) is 10.9 Å². The molecule has 3 aromatic rings. The van der Waals surface area contributed by atoms with Gasteiger partial charge < -0.3 is 19.1 Å². The first-order valence-corrected chi connectivity index (χ1v) is 13.4. The quantitative estimate of drug-likeness (QED) is 0.265. The monoisotopic (exact) mass is 582 g/mol. The summed E-state index contributed by atoms with van der Waals surface area (Å²) in [6, 6.07) is 9.10. The molecule has 0 radical (unpaired) electrons. The van der Waals surface area contributed by atoms with E-state index in [0.717, 1.165) is 10.0 Å². The van der Waals surface area contributed by atoms with E-state index in [4.69, 9.17) is 14.2 Å². The molecular weight excluding hydrogens is 552 g/mol. The lowest BCUT2D eigenvalue weighted by Crippen LogP contribution is -2.43. The predicted molar refractivity (Wildman–Crippen MR) is 150 cm³/mol. The summed E-state index contributed by atoms with van der Waals surface area (Å²) >= 11 is 3.42. The minimum absolute atomic E-state index is 0.104. The highest BCUT2D eigenvalue weighted by Crippen LogP contribution is 2.34. The molecule has 1 amide bonds. The number of hydrogen-bond donors (Lipinski definition) is 0. The average molecular weight is 583 g/mol. The zero-order valence-corrected chi connectivity index (χ0v) is 23.2. The molecule has 0 atom stereocenters. The molecule has 0 saturated carbocycles. The SMILES string of the molecule is C=CCc1cc(C=Nn2c(CC)nc3ccc(Br)cc3c2=O)cc(OCC)c1OCC(=O)N1CCOCC1. The van der Waals surface area contributed by atoms with Crippen LogP contribution in [0.1, 0.15) is 30.8 Å². The first-order chi connectivity index (χ1) is 18.4. The number of carbonyl (C=O) groups excluding carboxylic acids is 1. The molecule has 2 aromatic carbocycles. The fourth-order valence-electron chi connectivity index (χ4n) is 4.20. The Kier molecular flexibility index (Phi) is 9.30. The van der Waals surface area contributed by atoms with Gasteiger partial charge in [-0.05, 0) is 49.2 Å². The summed E-state index contributed by atoms with van der Waals surface area (Å²) in [5.74, 6) is 1.44. The highest BCUT2D eigenvalue weighted by atomic mass is 79.9. The lowest BCUT2D eigenvalue weighted by molar-refractivity contribution is -0.137. The van der Waals surface area contributed by atoms with E-state index in [1.165, 1.54) is 4.68 Å². The van der Waals surface area contributed by atoms with Crippen molar-refractivity contribution in [2.75, 3.05) is 39.5 Å². The standard InChI is InChI=1S/C28H31BrN4O5/c1-4-7-20-14-19(15-24(37-6-3)27(20)38-18-26(34)32-10-12-36-13-11-32)17-30-33-25(5-2)31-23-9-8-21(29)16-22(23)28(33)35/h4,8-9,14-17H,1,5-7,10-13,18H2,2-3H3. The maximum absolute atomic E-state index is 13.2. The first-order valence-electron chi connectivity index (χ1n) is 12.6.